The van der Waals surface area contributed by atoms with Gasteiger partial charge in [0.15, 0.2) is 11.5 Å². The van der Waals surface area contributed by atoms with Gasteiger partial charge in [-0.05, 0) is 39.7 Å². The van der Waals surface area contributed by atoms with E-state index < -0.39 is 0 Å². The van der Waals surface area contributed by atoms with Crippen LogP contribution in [0.4, 0.5) is 0 Å². The number of nitrogens with one attached hydrogen (secondary N) is 1. The van der Waals surface area contributed by atoms with Gasteiger partial charge in [-0.1, -0.05) is 0 Å². The molecule has 0 aliphatic carbocycles. The van der Waals surface area contributed by atoms with Crippen LogP contribution in [0.1, 0.15) is 43.4 Å². The van der Waals surface area contributed by atoms with Crippen molar-refractivity contribution < 1.29 is 14.6 Å². The average molecular weight is 289 g/mol. The fourth-order valence-electron chi connectivity index (χ4n) is 3.97. The summed E-state index contributed by atoms with van der Waals surface area (Å²) in [5, 5.41) is 14.1. The maximum atomic E-state index is 10.5. The van der Waals surface area contributed by atoms with E-state index >= 15 is 0 Å². The van der Waals surface area contributed by atoms with Gasteiger partial charge in [-0.15, -0.1) is 0 Å². The molecule has 1 aromatic carbocycles. The molecule has 3 heterocycles. The molecule has 0 spiro atoms. The Labute approximate surface area is 125 Å². The van der Waals surface area contributed by atoms with Crippen molar-refractivity contribution >= 4 is 0 Å². The van der Waals surface area contributed by atoms with Gasteiger partial charge in [0.2, 0.25) is 0 Å². The first kappa shape index (κ1) is 13.3. The van der Waals surface area contributed by atoms with E-state index in [1.807, 2.05) is 0 Å². The maximum absolute atomic E-state index is 10.5. The highest BCUT2D eigenvalue weighted by atomic mass is 16.5. The maximum Gasteiger partial charge on any atom is 0.165 e. The Morgan fingerprint density at radius 3 is 2.52 bits per heavy atom. The molecule has 2 N–H and O–H groups in total. The monoisotopic (exact) mass is 289 g/mol. The summed E-state index contributed by atoms with van der Waals surface area (Å²) in [6, 6.07) is 0.526. The first-order chi connectivity index (χ1) is 10.1. The van der Waals surface area contributed by atoms with Crippen molar-refractivity contribution in [2.75, 3.05) is 6.54 Å². The number of hydrogen-bond acceptors (Lipinski definition) is 4. The first-order valence-electron chi connectivity index (χ1n) is 8.09. The molecule has 114 valence electrons. The molecule has 0 aromatic heterocycles. The fourth-order valence-corrected chi connectivity index (χ4v) is 3.97. The van der Waals surface area contributed by atoms with Crippen LogP contribution in [0.25, 0.3) is 0 Å². The third kappa shape index (κ3) is 2.08. The lowest BCUT2D eigenvalue weighted by Gasteiger charge is -2.18. The van der Waals surface area contributed by atoms with Gasteiger partial charge in [0.05, 0.1) is 0 Å². The summed E-state index contributed by atoms with van der Waals surface area (Å²) < 4.78 is 11.9. The zero-order chi connectivity index (χ0) is 14.6. The summed E-state index contributed by atoms with van der Waals surface area (Å²) in [7, 11) is 0. The molecule has 0 bridgehead atoms. The Bertz CT molecular complexity index is 539. The summed E-state index contributed by atoms with van der Waals surface area (Å²) in [4.78, 5) is 0. The van der Waals surface area contributed by atoms with E-state index in [4.69, 9.17) is 9.47 Å². The molecule has 0 radical (unpaired) electrons. The predicted molar refractivity (Wildman–Crippen MR) is 80.4 cm³/mol. The topological polar surface area (TPSA) is 50.7 Å². The highest BCUT2D eigenvalue weighted by Crippen LogP contribution is 2.50. The summed E-state index contributed by atoms with van der Waals surface area (Å²) in [6.45, 7) is 5.23. The Kier molecular flexibility index (Phi) is 3.03. The average Bonchev–Trinajstić information content (AvgIpc) is 3.13. The van der Waals surface area contributed by atoms with Crippen LogP contribution in [-0.2, 0) is 19.3 Å². The van der Waals surface area contributed by atoms with E-state index in [0.717, 1.165) is 37.1 Å². The number of aromatic hydroxyl groups is 1. The van der Waals surface area contributed by atoms with Crippen LogP contribution in [0.3, 0.4) is 0 Å². The predicted octanol–water partition coefficient (Wildman–Crippen LogP) is 2.33. The van der Waals surface area contributed by atoms with E-state index in [2.05, 4.69) is 19.2 Å². The molecule has 4 heteroatoms. The van der Waals surface area contributed by atoms with E-state index in [1.165, 1.54) is 24.0 Å². The van der Waals surface area contributed by atoms with E-state index in [-0.39, 0.29) is 12.2 Å². The summed E-state index contributed by atoms with van der Waals surface area (Å²) >= 11 is 0. The van der Waals surface area contributed by atoms with Crippen molar-refractivity contribution in [3.63, 3.8) is 0 Å². The first-order valence-corrected chi connectivity index (χ1v) is 8.09. The van der Waals surface area contributed by atoms with Gasteiger partial charge in [0.25, 0.3) is 0 Å². The van der Waals surface area contributed by atoms with Crippen LogP contribution >= 0.6 is 0 Å². The van der Waals surface area contributed by atoms with E-state index in [1.54, 1.807) is 0 Å². The lowest BCUT2D eigenvalue weighted by Crippen LogP contribution is -2.24. The second kappa shape index (κ2) is 4.80. The SMILES string of the molecule is CC1Cc2c(CC3CCCN3)c3c(c(O)c2O1)CC(C)O3. The Hall–Kier alpha value is -1.42. The largest absolute Gasteiger partial charge is 0.504 e. The minimum absolute atomic E-state index is 0.140. The third-order valence-electron chi connectivity index (χ3n) is 4.92. The number of benzene rings is 1. The van der Waals surface area contributed by atoms with Crippen molar-refractivity contribution in [2.24, 2.45) is 0 Å². The highest BCUT2D eigenvalue weighted by Gasteiger charge is 2.36. The zero-order valence-electron chi connectivity index (χ0n) is 12.7. The molecular weight excluding hydrogens is 266 g/mol. The lowest BCUT2D eigenvalue weighted by molar-refractivity contribution is 0.244. The van der Waals surface area contributed by atoms with Crippen molar-refractivity contribution in [3.8, 4) is 17.2 Å². The molecule has 1 fully saturated rings. The summed E-state index contributed by atoms with van der Waals surface area (Å²) in [5.41, 5.74) is 3.38. The standard InChI is InChI=1S/C17H23NO3/c1-9-6-12-13(8-11-4-3-5-18-11)16-14(7-10(2)20-16)15(19)17(12)21-9/h9-11,18-19H,3-8H2,1-2H3. The van der Waals surface area contributed by atoms with Gasteiger partial charge < -0.3 is 19.9 Å². The molecule has 4 nitrogen and oxygen atoms in total. The zero-order valence-corrected chi connectivity index (χ0v) is 12.7. The molecule has 1 saturated heterocycles. The molecule has 1 aromatic rings. The molecule has 3 aliphatic heterocycles. The molecular formula is C17H23NO3. The molecule has 21 heavy (non-hydrogen) atoms. The minimum atomic E-state index is 0.140. The van der Waals surface area contributed by atoms with Gasteiger partial charge in [0.1, 0.15) is 18.0 Å². The van der Waals surface area contributed by atoms with Crippen molar-refractivity contribution in [1.82, 2.24) is 5.32 Å². The minimum Gasteiger partial charge on any atom is -0.504 e. The van der Waals surface area contributed by atoms with Crippen LogP contribution in [0, 0.1) is 0 Å². The van der Waals surface area contributed by atoms with Gasteiger partial charge in [0, 0.05) is 35.6 Å². The van der Waals surface area contributed by atoms with Gasteiger partial charge in [-0.25, -0.2) is 0 Å². The third-order valence-corrected chi connectivity index (χ3v) is 4.92. The number of phenols is 1. The number of fused-ring (bicyclic) bond motifs is 2. The molecule has 0 amide bonds. The van der Waals surface area contributed by atoms with Crippen LogP contribution in [0.15, 0.2) is 0 Å². The Morgan fingerprint density at radius 1 is 1.10 bits per heavy atom. The van der Waals surface area contributed by atoms with E-state index in [0.29, 0.717) is 17.5 Å². The molecule has 0 saturated carbocycles. The van der Waals surface area contributed by atoms with Crippen molar-refractivity contribution in [1.29, 1.82) is 0 Å². The lowest BCUT2D eigenvalue weighted by atomic mass is 9.92. The van der Waals surface area contributed by atoms with E-state index in [9.17, 15) is 5.11 Å². The molecule has 4 rings (SSSR count). The Morgan fingerprint density at radius 2 is 1.81 bits per heavy atom. The second-order valence-electron chi connectivity index (χ2n) is 6.71. The molecule has 3 unspecified atom stereocenters. The van der Waals surface area contributed by atoms with Gasteiger partial charge in [-0.3, -0.25) is 0 Å². The normalized spacial score (nSPS) is 29.9. The molecule has 3 atom stereocenters. The van der Waals surface area contributed by atoms with Gasteiger partial charge >= 0.3 is 0 Å². The Balaban J connectivity index is 1.80. The van der Waals surface area contributed by atoms with Crippen molar-refractivity contribution in [3.05, 3.63) is 16.7 Å². The van der Waals surface area contributed by atoms with Gasteiger partial charge in [-0.2, -0.15) is 0 Å². The van der Waals surface area contributed by atoms with Crippen LogP contribution in [0.5, 0.6) is 17.2 Å². The number of hydrogen-bond donors (Lipinski definition) is 2. The number of ether oxygens (including phenoxy) is 2. The fraction of sp³-hybridized carbons (Fsp3) is 0.647. The quantitative estimate of drug-likeness (QED) is 0.877. The number of rotatable bonds is 2. The van der Waals surface area contributed by atoms with Crippen molar-refractivity contribution in [2.45, 2.75) is 64.2 Å². The number of phenolic OH excluding ortho intramolecular Hbond substituents is 1. The second-order valence-corrected chi connectivity index (χ2v) is 6.71. The van der Waals surface area contributed by atoms with Crippen LogP contribution in [-0.4, -0.2) is 29.9 Å². The van der Waals surface area contributed by atoms with Crippen LogP contribution in [0.2, 0.25) is 0 Å². The smallest absolute Gasteiger partial charge is 0.165 e. The summed E-state index contributed by atoms with van der Waals surface area (Å²) in [6.07, 6.45) is 5.37. The summed E-state index contributed by atoms with van der Waals surface area (Å²) in [5.74, 6) is 1.97. The highest BCUT2D eigenvalue weighted by molar-refractivity contribution is 5.65. The van der Waals surface area contributed by atoms with Crippen LogP contribution < -0.4 is 14.8 Å². The molecule has 3 aliphatic rings.